The van der Waals surface area contributed by atoms with Crippen LogP contribution in [0.4, 0.5) is 0 Å². The summed E-state index contributed by atoms with van der Waals surface area (Å²) in [7, 11) is 0. The molecule has 0 saturated heterocycles. The van der Waals surface area contributed by atoms with Gasteiger partial charge in [-0.3, -0.25) is 4.79 Å². The van der Waals surface area contributed by atoms with E-state index in [-0.39, 0.29) is 11.8 Å². The minimum atomic E-state index is -0.891. The summed E-state index contributed by atoms with van der Waals surface area (Å²) < 4.78 is 0.911. The lowest BCUT2D eigenvalue weighted by Crippen LogP contribution is -2.42. The predicted octanol–water partition coefficient (Wildman–Crippen LogP) is 2.27. The van der Waals surface area contributed by atoms with Crippen molar-refractivity contribution in [3.05, 3.63) is 33.8 Å². The number of halogens is 1. The smallest absolute Gasteiger partial charge is 0.326 e. The summed E-state index contributed by atoms with van der Waals surface area (Å²) >= 11 is 3.37. The third kappa shape index (κ3) is 1.82. The second-order valence-corrected chi connectivity index (χ2v) is 5.77. The van der Waals surface area contributed by atoms with E-state index in [2.05, 4.69) is 15.9 Å². The summed E-state index contributed by atoms with van der Waals surface area (Å²) in [6, 6.07) is 4.79. The Morgan fingerprint density at radius 3 is 2.78 bits per heavy atom. The fourth-order valence-corrected chi connectivity index (χ4v) is 2.95. The summed E-state index contributed by atoms with van der Waals surface area (Å²) in [5.41, 5.74) is 1.53. The lowest BCUT2D eigenvalue weighted by atomic mass is 10.1. The second kappa shape index (κ2) is 4.09. The number of carboxylic acids is 1. The molecule has 0 aromatic heterocycles. The van der Waals surface area contributed by atoms with E-state index in [1.54, 1.807) is 6.07 Å². The molecule has 5 heteroatoms. The van der Waals surface area contributed by atoms with Crippen LogP contribution < -0.4 is 0 Å². The lowest BCUT2D eigenvalue weighted by Gasteiger charge is -2.23. The van der Waals surface area contributed by atoms with Gasteiger partial charge in [-0.15, -0.1) is 0 Å². The van der Waals surface area contributed by atoms with Crippen LogP contribution in [0.2, 0.25) is 0 Å². The molecule has 1 amide bonds. The van der Waals surface area contributed by atoms with Crippen molar-refractivity contribution in [3.63, 3.8) is 0 Å². The van der Waals surface area contributed by atoms with E-state index in [1.165, 1.54) is 4.90 Å². The van der Waals surface area contributed by atoms with Gasteiger partial charge in [-0.1, -0.05) is 15.9 Å². The normalized spacial score (nSPS) is 19.8. The van der Waals surface area contributed by atoms with Crippen LogP contribution in [-0.4, -0.2) is 27.9 Å². The zero-order valence-electron chi connectivity index (χ0n) is 9.60. The molecular weight excluding hydrogens is 298 g/mol. The molecule has 1 heterocycles. The Morgan fingerprint density at radius 1 is 1.44 bits per heavy atom. The van der Waals surface area contributed by atoms with E-state index in [1.807, 2.05) is 12.1 Å². The number of fused-ring (bicyclic) bond motifs is 1. The standard InChI is InChI=1S/C13H12BrNO3/c14-9-3-4-10-8(5-9)6-15(12(10)16)11(13(17)18)7-1-2-7/h3-5,7,11H,1-2,6H2,(H,17,18). The highest BCUT2D eigenvalue weighted by Crippen LogP contribution is 2.39. The molecule has 1 aromatic rings. The topological polar surface area (TPSA) is 57.6 Å². The molecule has 1 atom stereocenters. The Bertz CT molecular complexity index is 539. The number of hydrogen-bond acceptors (Lipinski definition) is 2. The molecule has 1 aromatic carbocycles. The third-order valence-electron chi connectivity index (χ3n) is 3.56. The van der Waals surface area contributed by atoms with Gasteiger partial charge in [-0.25, -0.2) is 4.79 Å². The first kappa shape index (κ1) is 11.7. The highest BCUT2D eigenvalue weighted by molar-refractivity contribution is 9.10. The average molecular weight is 310 g/mol. The minimum Gasteiger partial charge on any atom is -0.480 e. The maximum absolute atomic E-state index is 12.2. The molecule has 1 saturated carbocycles. The van der Waals surface area contributed by atoms with Gasteiger partial charge in [0, 0.05) is 16.6 Å². The summed E-state index contributed by atoms with van der Waals surface area (Å²) in [5.74, 6) is -0.918. The number of aliphatic carboxylic acids is 1. The number of nitrogens with zero attached hydrogens (tertiary/aromatic N) is 1. The summed E-state index contributed by atoms with van der Waals surface area (Å²) in [4.78, 5) is 25.1. The molecule has 0 radical (unpaired) electrons. The van der Waals surface area contributed by atoms with Crippen LogP contribution in [0.25, 0.3) is 0 Å². The second-order valence-electron chi connectivity index (χ2n) is 4.86. The first-order valence-electron chi connectivity index (χ1n) is 5.90. The molecule has 18 heavy (non-hydrogen) atoms. The fraction of sp³-hybridized carbons (Fsp3) is 0.385. The van der Waals surface area contributed by atoms with Crippen molar-refractivity contribution in [1.29, 1.82) is 0 Å². The van der Waals surface area contributed by atoms with Gasteiger partial charge in [0.2, 0.25) is 0 Å². The van der Waals surface area contributed by atoms with E-state index < -0.39 is 12.0 Å². The van der Waals surface area contributed by atoms with Crippen LogP contribution in [0.1, 0.15) is 28.8 Å². The predicted molar refractivity (Wildman–Crippen MR) is 68.2 cm³/mol. The quantitative estimate of drug-likeness (QED) is 0.932. The minimum absolute atomic E-state index is 0.129. The number of carboxylic acid groups (broad SMARTS) is 1. The number of benzene rings is 1. The number of amides is 1. The molecule has 3 rings (SSSR count). The zero-order chi connectivity index (χ0) is 12.9. The SMILES string of the molecule is O=C(O)C(C1CC1)N1Cc2cc(Br)ccc2C1=O. The van der Waals surface area contributed by atoms with E-state index >= 15 is 0 Å². The summed E-state index contributed by atoms with van der Waals surface area (Å²) in [6.45, 7) is 0.404. The molecule has 94 valence electrons. The molecule has 1 aliphatic heterocycles. The first-order chi connectivity index (χ1) is 8.58. The highest BCUT2D eigenvalue weighted by atomic mass is 79.9. The van der Waals surface area contributed by atoms with E-state index in [0.717, 1.165) is 22.9 Å². The van der Waals surface area contributed by atoms with Gasteiger partial charge >= 0.3 is 5.97 Å². The number of carbonyl (C=O) groups is 2. The van der Waals surface area contributed by atoms with Gasteiger partial charge in [0.25, 0.3) is 5.91 Å². The fourth-order valence-electron chi connectivity index (χ4n) is 2.54. The first-order valence-corrected chi connectivity index (χ1v) is 6.69. The summed E-state index contributed by atoms with van der Waals surface area (Å²) in [5, 5.41) is 9.29. The Hall–Kier alpha value is -1.36. The van der Waals surface area contributed by atoms with Crippen LogP contribution >= 0.6 is 15.9 Å². The van der Waals surface area contributed by atoms with E-state index in [4.69, 9.17) is 0 Å². The Kier molecular flexibility index (Phi) is 2.66. The van der Waals surface area contributed by atoms with Crippen molar-refractivity contribution in [2.24, 2.45) is 5.92 Å². The van der Waals surface area contributed by atoms with Crippen molar-refractivity contribution >= 4 is 27.8 Å². The van der Waals surface area contributed by atoms with E-state index in [0.29, 0.717) is 12.1 Å². The summed E-state index contributed by atoms with van der Waals surface area (Å²) in [6.07, 6.45) is 1.81. The molecule has 1 unspecified atom stereocenters. The number of hydrogen-bond donors (Lipinski definition) is 1. The number of carbonyl (C=O) groups excluding carboxylic acids is 1. The molecule has 0 bridgehead atoms. The van der Waals surface area contributed by atoms with E-state index in [9.17, 15) is 14.7 Å². The van der Waals surface area contributed by atoms with Crippen molar-refractivity contribution in [3.8, 4) is 0 Å². The molecule has 1 fully saturated rings. The zero-order valence-corrected chi connectivity index (χ0v) is 11.2. The molecular formula is C13H12BrNO3. The van der Waals surface area contributed by atoms with Gasteiger partial charge in [0.05, 0.1) is 0 Å². The largest absolute Gasteiger partial charge is 0.480 e. The van der Waals surface area contributed by atoms with Gasteiger partial charge in [0.15, 0.2) is 0 Å². The molecule has 4 nitrogen and oxygen atoms in total. The van der Waals surface area contributed by atoms with Crippen molar-refractivity contribution in [2.45, 2.75) is 25.4 Å². The van der Waals surface area contributed by atoms with Crippen molar-refractivity contribution < 1.29 is 14.7 Å². The van der Waals surface area contributed by atoms with Crippen LogP contribution in [0.5, 0.6) is 0 Å². The van der Waals surface area contributed by atoms with Crippen LogP contribution in [-0.2, 0) is 11.3 Å². The third-order valence-corrected chi connectivity index (χ3v) is 4.05. The van der Waals surface area contributed by atoms with Crippen LogP contribution in [0.3, 0.4) is 0 Å². The lowest BCUT2D eigenvalue weighted by molar-refractivity contribution is -0.143. The molecule has 1 aliphatic carbocycles. The van der Waals surface area contributed by atoms with Gasteiger partial charge < -0.3 is 10.0 Å². The average Bonchev–Trinajstić information content (AvgIpc) is 3.06. The maximum atomic E-state index is 12.2. The van der Waals surface area contributed by atoms with Crippen molar-refractivity contribution in [2.75, 3.05) is 0 Å². The maximum Gasteiger partial charge on any atom is 0.326 e. The Balaban J connectivity index is 1.93. The molecule has 2 aliphatic rings. The van der Waals surface area contributed by atoms with Crippen LogP contribution in [0.15, 0.2) is 22.7 Å². The van der Waals surface area contributed by atoms with Gasteiger partial charge in [0.1, 0.15) is 6.04 Å². The van der Waals surface area contributed by atoms with Gasteiger partial charge in [-0.2, -0.15) is 0 Å². The molecule has 0 spiro atoms. The van der Waals surface area contributed by atoms with Crippen LogP contribution in [0, 0.1) is 5.92 Å². The molecule has 1 N–H and O–H groups in total. The number of rotatable bonds is 3. The highest BCUT2D eigenvalue weighted by Gasteiger charge is 2.45. The van der Waals surface area contributed by atoms with Crippen molar-refractivity contribution in [1.82, 2.24) is 4.90 Å². The van der Waals surface area contributed by atoms with Gasteiger partial charge in [-0.05, 0) is 42.5 Å². The Morgan fingerprint density at radius 2 is 2.17 bits per heavy atom. The monoisotopic (exact) mass is 309 g/mol. The Labute approximate surface area is 113 Å².